The van der Waals surface area contributed by atoms with E-state index >= 15 is 0 Å². The molecule has 3 aromatic rings. The fourth-order valence-corrected chi connectivity index (χ4v) is 5.80. The molecule has 0 radical (unpaired) electrons. The molecule has 1 atom stereocenters. The maximum Gasteiger partial charge on any atom is 0.337 e. The monoisotopic (exact) mass is 551 g/mol. The van der Waals surface area contributed by atoms with Crippen LogP contribution in [0.5, 0.6) is 0 Å². The highest BCUT2D eigenvalue weighted by Crippen LogP contribution is 2.40. The molecule has 11 heteroatoms. The van der Waals surface area contributed by atoms with Gasteiger partial charge in [-0.2, -0.15) is 5.26 Å². The number of rotatable bonds is 3. The quantitative estimate of drug-likeness (QED) is 0.493. The second-order valence-corrected chi connectivity index (χ2v) is 9.85. The minimum absolute atomic E-state index is 0.0203. The first kappa shape index (κ1) is 24.4. The van der Waals surface area contributed by atoms with E-state index in [9.17, 15) is 14.9 Å². The van der Waals surface area contributed by atoms with Gasteiger partial charge >= 0.3 is 5.97 Å². The molecule has 0 aliphatic carbocycles. The van der Waals surface area contributed by atoms with Crippen molar-refractivity contribution in [1.82, 2.24) is 4.57 Å². The zero-order chi connectivity index (χ0) is 24.7. The van der Waals surface area contributed by atoms with Gasteiger partial charge in [0.1, 0.15) is 10.5 Å². The van der Waals surface area contributed by atoms with Crippen LogP contribution in [-0.4, -0.2) is 17.6 Å². The summed E-state index contributed by atoms with van der Waals surface area (Å²) in [6.45, 7) is 0. The van der Waals surface area contributed by atoms with E-state index in [2.05, 4.69) is 0 Å². The predicted molar refractivity (Wildman–Crippen MR) is 136 cm³/mol. The highest BCUT2D eigenvalue weighted by molar-refractivity contribution is 7.07. The number of fused-ring (bicyclic) bond motifs is 1. The SMILES string of the molecule is COC(=O)C1=c2s/c(=C\c3ccc(Cl)cc3Cl)c(=O)n2C(N)=C(C#N)[C@@H]1c1ccc(Cl)cc1Cl. The number of methoxy groups -OCH3 is 1. The molecule has 2 N–H and O–H groups in total. The van der Waals surface area contributed by atoms with Crippen LogP contribution < -0.4 is 20.5 Å². The van der Waals surface area contributed by atoms with E-state index in [1.54, 1.807) is 36.4 Å². The van der Waals surface area contributed by atoms with Crippen molar-refractivity contribution >= 4 is 81.2 Å². The van der Waals surface area contributed by atoms with Crippen LogP contribution in [0.25, 0.3) is 17.5 Å². The molecule has 6 nitrogen and oxygen atoms in total. The topological polar surface area (TPSA) is 98.1 Å². The van der Waals surface area contributed by atoms with Crippen LogP contribution in [0.2, 0.25) is 20.1 Å². The summed E-state index contributed by atoms with van der Waals surface area (Å²) in [5, 5.41) is 11.4. The number of carbonyl (C=O) groups is 1. The first-order valence-corrected chi connectivity index (χ1v) is 11.9. The molecular formula is C23H13Cl4N3O3S. The van der Waals surface area contributed by atoms with Gasteiger partial charge in [-0.1, -0.05) is 58.5 Å². The van der Waals surface area contributed by atoms with Crippen LogP contribution in [0.15, 0.2) is 46.8 Å². The largest absolute Gasteiger partial charge is 0.466 e. The van der Waals surface area contributed by atoms with E-state index in [1.165, 1.54) is 13.2 Å². The van der Waals surface area contributed by atoms with Gasteiger partial charge in [-0.05, 0) is 41.5 Å². The Morgan fingerprint density at radius 1 is 1.15 bits per heavy atom. The maximum atomic E-state index is 13.3. The van der Waals surface area contributed by atoms with Crippen molar-refractivity contribution in [3.8, 4) is 6.07 Å². The summed E-state index contributed by atoms with van der Waals surface area (Å²) in [6.07, 6.45) is 1.56. The van der Waals surface area contributed by atoms with Crippen LogP contribution in [0.3, 0.4) is 0 Å². The van der Waals surface area contributed by atoms with E-state index in [-0.39, 0.29) is 31.2 Å². The Labute approximate surface area is 217 Å². The molecule has 0 fully saturated rings. The zero-order valence-electron chi connectivity index (χ0n) is 17.2. The predicted octanol–water partition coefficient (Wildman–Crippen LogP) is 4.12. The van der Waals surface area contributed by atoms with Crippen LogP contribution in [-0.2, 0) is 9.53 Å². The summed E-state index contributed by atoms with van der Waals surface area (Å²) in [6, 6.07) is 11.6. The van der Waals surface area contributed by atoms with Gasteiger partial charge in [0.05, 0.1) is 34.8 Å². The van der Waals surface area contributed by atoms with E-state index in [4.69, 9.17) is 56.9 Å². The van der Waals surface area contributed by atoms with Crippen molar-refractivity contribution in [2.24, 2.45) is 5.73 Å². The Morgan fingerprint density at radius 3 is 2.38 bits per heavy atom. The lowest BCUT2D eigenvalue weighted by Gasteiger charge is -2.25. The molecule has 34 heavy (non-hydrogen) atoms. The number of esters is 1. The molecule has 0 spiro atoms. The summed E-state index contributed by atoms with van der Waals surface area (Å²) in [5.74, 6) is -1.81. The Hall–Kier alpha value is -2.73. The van der Waals surface area contributed by atoms with Gasteiger partial charge < -0.3 is 10.5 Å². The second-order valence-electron chi connectivity index (χ2n) is 7.14. The van der Waals surface area contributed by atoms with Gasteiger partial charge in [-0.15, -0.1) is 11.3 Å². The number of aromatic nitrogens is 1. The number of nitriles is 1. The number of hydrogen-bond donors (Lipinski definition) is 1. The molecule has 1 aliphatic heterocycles. The first-order valence-electron chi connectivity index (χ1n) is 9.54. The van der Waals surface area contributed by atoms with Gasteiger partial charge in [-0.25, -0.2) is 4.79 Å². The Bertz CT molecular complexity index is 1620. The molecule has 4 rings (SSSR count). The third kappa shape index (κ3) is 4.13. The highest BCUT2D eigenvalue weighted by Gasteiger charge is 2.37. The Kier molecular flexibility index (Phi) is 6.81. The average Bonchev–Trinajstić information content (AvgIpc) is 3.11. The third-order valence-corrected chi connectivity index (χ3v) is 7.43. The molecule has 0 unspecified atom stereocenters. The zero-order valence-corrected chi connectivity index (χ0v) is 21.1. The summed E-state index contributed by atoms with van der Waals surface area (Å²) in [7, 11) is 1.21. The van der Waals surface area contributed by atoms with Gasteiger partial charge in [0.25, 0.3) is 5.56 Å². The van der Waals surface area contributed by atoms with Crippen molar-refractivity contribution in [2.45, 2.75) is 5.92 Å². The van der Waals surface area contributed by atoms with Gasteiger partial charge in [0.2, 0.25) is 0 Å². The number of benzene rings is 2. The Morgan fingerprint density at radius 2 is 1.79 bits per heavy atom. The van der Waals surface area contributed by atoms with Gasteiger partial charge in [-0.3, -0.25) is 9.36 Å². The highest BCUT2D eigenvalue weighted by atomic mass is 35.5. The number of hydrogen-bond acceptors (Lipinski definition) is 6. The number of nitrogens with two attached hydrogens (primary N) is 1. The molecule has 1 aliphatic rings. The molecule has 0 amide bonds. The van der Waals surface area contributed by atoms with Crippen molar-refractivity contribution in [2.75, 3.05) is 7.11 Å². The fraction of sp³-hybridized carbons (Fsp3) is 0.0870. The number of nitrogens with zero attached hydrogens (tertiary/aromatic N) is 2. The summed E-state index contributed by atoms with van der Waals surface area (Å²) in [4.78, 5) is 26.3. The van der Waals surface area contributed by atoms with E-state index in [0.29, 0.717) is 26.2 Å². The van der Waals surface area contributed by atoms with Crippen LogP contribution in [0, 0.1) is 11.3 Å². The van der Waals surface area contributed by atoms with Gasteiger partial charge in [0.15, 0.2) is 0 Å². The van der Waals surface area contributed by atoms with Crippen molar-refractivity contribution in [3.63, 3.8) is 0 Å². The summed E-state index contributed by atoms with van der Waals surface area (Å²) < 4.78 is 6.61. The lowest BCUT2D eigenvalue weighted by atomic mass is 9.84. The number of carbonyl (C=O) groups excluding carboxylic acids is 1. The minimum Gasteiger partial charge on any atom is -0.466 e. The smallest absolute Gasteiger partial charge is 0.337 e. The minimum atomic E-state index is -0.966. The van der Waals surface area contributed by atoms with Gasteiger partial charge in [0, 0.05) is 20.1 Å². The molecule has 1 aromatic heterocycles. The normalized spacial score (nSPS) is 15.8. The summed E-state index contributed by atoms with van der Waals surface area (Å²) in [5.41, 5.74) is 6.79. The molecule has 0 bridgehead atoms. The Balaban J connectivity index is 2.12. The number of ether oxygens (including phenoxy) is 1. The lowest BCUT2D eigenvalue weighted by molar-refractivity contribution is -0.134. The first-order chi connectivity index (χ1) is 16.2. The molecule has 2 heterocycles. The molecule has 0 saturated heterocycles. The maximum absolute atomic E-state index is 13.3. The summed E-state index contributed by atoms with van der Waals surface area (Å²) >= 11 is 25.7. The molecule has 2 aromatic carbocycles. The van der Waals surface area contributed by atoms with Crippen molar-refractivity contribution in [3.05, 3.63) is 92.7 Å². The number of thiazole rings is 1. The standard InChI is InChI=1S/C23H13Cl4N3O3S/c1-33-23(32)19-18(13-5-4-12(25)8-16(13)27)14(9-28)20(29)30-21(31)17(34-22(19)30)6-10-2-3-11(24)7-15(10)26/h2-8,18H,29H2,1H3/b17-6-/t18-/m0/s1. The van der Waals surface area contributed by atoms with Crippen molar-refractivity contribution < 1.29 is 9.53 Å². The van der Waals surface area contributed by atoms with E-state index in [1.807, 2.05) is 6.07 Å². The fourth-order valence-electron chi connectivity index (χ4n) is 3.66. The lowest BCUT2D eigenvalue weighted by Crippen LogP contribution is -2.40. The van der Waals surface area contributed by atoms with Crippen LogP contribution in [0.1, 0.15) is 17.0 Å². The molecule has 172 valence electrons. The second kappa shape index (κ2) is 9.49. The molecule has 0 saturated carbocycles. The van der Waals surface area contributed by atoms with Crippen LogP contribution in [0.4, 0.5) is 0 Å². The van der Waals surface area contributed by atoms with E-state index in [0.717, 1.165) is 15.9 Å². The van der Waals surface area contributed by atoms with Crippen molar-refractivity contribution in [1.29, 1.82) is 5.26 Å². The van der Waals surface area contributed by atoms with E-state index < -0.39 is 17.4 Å². The third-order valence-electron chi connectivity index (χ3n) is 5.20. The van der Waals surface area contributed by atoms with Crippen LogP contribution >= 0.6 is 57.7 Å². The number of halogens is 4. The number of allylic oxidation sites excluding steroid dienone is 1. The average molecular weight is 553 g/mol. The molecular weight excluding hydrogens is 540 g/mol.